The van der Waals surface area contributed by atoms with Gasteiger partial charge in [-0.05, 0) is 50.6 Å². The Hall–Kier alpha value is -1.12. The van der Waals surface area contributed by atoms with E-state index in [0.29, 0.717) is 0 Å². The van der Waals surface area contributed by atoms with E-state index in [-0.39, 0.29) is 6.04 Å². The topological polar surface area (TPSA) is 32.3 Å². The minimum Gasteiger partial charge on any atom is -0.387 e. The molecule has 0 spiro atoms. The number of aliphatic hydroxyl groups excluding tert-OH is 1. The van der Waals surface area contributed by atoms with Gasteiger partial charge in [-0.2, -0.15) is 0 Å². The number of hydrogen-bond donors (Lipinski definition) is 2. The first-order chi connectivity index (χ1) is 9.81. The van der Waals surface area contributed by atoms with Gasteiger partial charge in [0.25, 0.3) is 0 Å². The first kappa shape index (κ1) is 15.3. The SMILES string of the molecule is CCC(NCCC1=CCCCC1)C(O)c1ccccc1. The van der Waals surface area contributed by atoms with E-state index in [1.165, 1.54) is 25.7 Å². The third-order valence-electron chi connectivity index (χ3n) is 4.20. The zero-order valence-corrected chi connectivity index (χ0v) is 12.5. The fourth-order valence-electron chi connectivity index (χ4n) is 2.91. The van der Waals surface area contributed by atoms with Crippen LogP contribution in [-0.2, 0) is 0 Å². The van der Waals surface area contributed by atoms with Crippen molar-refractivity contribution < 1.29 is 5.11 Å². The van der Waals surface area contributed by atoms with Crippen LogP contribution in [0, 0.1) is 0 Å². The highest BCUT2D eigenvalue weighted by molar-refractivity contribution is 5.18. The average molecular weight is 273 g/mol. The van der Waals surface area contributed by atoms with Gasteiger partial charge in [0, 0.05) is 6.04 Å². The molecule has 0 saturated carbocycles. The zero-order chi connectivity index (χ0) is 14.2. The second-order valence-corrected chi connectivity index (χ2v) is 5.68. The van der Waals surface area contributed by atoms with E-state index in [4.69, 9.17) is 0 Å². The van der Waals surface area contributed by atoms with Crippen LogP contribution in [0.3, 0.4) is 0 Å². The van der Waals surface area contributed by atoms with Crippen molar-refractivity contribution in [2.75, 3.05) is 6.54 Å². The molecule has 0 fully saturated rings. The Morgan fingerprint density at radius 1 is 1.20 bits per heavy atom. The van der Waals surface area contributed by atoms with Gasteiger partial charge in [0.2, 0.25) is 0 Å². The minimum atomic E-state index is -0.415. The summed E-state index contributed by atoms with van der Waals surface area (Å²) in [4.78, 5) is 0. The first-order valence-corrected chi connectivity index (χ1v) is 7.95. The summed E-state index contributed by atoms with van der Waals surface area (Å²) in [6.07, 6.45) is 9.25. The van der Waals surface area contributed by atoms with Crippen molar-refractivity contribution in [1.29, 1.82) is 0 Å². The molecule has 2 unspecified atom stereocenters. The fraction of sp³-hybridized carbons (Fsp3) is 0.556. The molecular weight excluding hydrogens is 246 g/mol. The van der Waals surface area contributed by atoms with E-state index >= 15 is 0 Å². The van der Waals surface area contributed by atoms with Crippen LogP contribution in [0.5, 0.6) is 0 Å². The maximum absolute atomic E-state index is 10.4. The van der Waals surface area contributed by atoms with Gasteiger partial charge in [0.05, 0.1) is 6.10 Å². The predicted molar refractivity (Wildman–Crippen MR) is 84.7 cm³/mol. The normalized spacial score (nSPS) is 18.4. The molecule has 1 aliphatic rings. The average Bonchev–Trinajstić information content (AvgIpc) is 2.53. The van der Waals surface area contributed by atoms with Crippen LogP contribution >= 0.6 is 0 Å². The van der Waals surface area contributed by atoms with Crippen molar-refractivity contribution in [3.8, 4) is 0 Å². The van der Waals surface area contributed by atoms with Gasteiger partial charge in [-0.15, -0.1) is 0 Å². The molecule has 2 nitrogen and oxygen atoms in total. The predicted octanol–water partition coefficient (Wildman–Crippen LogP) is 3.98. The van der Waals surface area contributed by atoms with Crippen molar-refractivity contribution in [3.05, 3.63) is 47.5 Å². The number of hydrogen-bond acceptors (Lipinski definition) is 2. The maximum atomic E-state index is 10.4. The van der Waals surface area contributed by atoms with Crippen LogP contribution in [0.2, 0.25) is 0 Å². The molecular formula is C18H27NO. The van der Waals surface area contributed by atoms with Crippen molar-refractivity contribution in [2.45, 2.75) is 57.6 Å². The largest absolute Gasteiger partial charge is 0.387 e. The number of aliphatic hydroxyl groups is 1. The molecule has 0 heterocycles. The molecule has 1 aliphatic carbocycles. The second kappa shape index (κ2) is 8.23. The third-order valence-corrected chi connectivity index (χ3v) is 4.20. The Bertz CT molecular complexity index is 413. The molecule has 2 N–H and O–H groups in total. The molecule has 20 heavy (non-hydrogen) atoms. The molecule has 1 aromatic rings. The Labute approximate surface area is 122 Å². The van der Waals surface area contributed by atoms with Crippen LogP contribution in [0.15, 0.2) is 42.0 Å². The van der Waals surface area contributed by atoms with Crippen LogP contribution in [0.4, 0.5) is 0 Å². The highest BCUT2D eigenvalue weighted by Gasteiger charge is 2.18. The van der Waals surface area contributed by atoms with E-state index < -0.39 is 6.10 Å². The van der Waals surface area contributed by atoms with E-state index in [1.807, 2.05) is 30.3 Å². The van der Waals surface area contributed by atoms with Gasteiger partial charge in [-0.25, -0.2) is 0 Å². The quantitative estimate of drug-likeness (QED) is 0.737. The van der Waals surface area contributed by atoms with Crippen LogP contribution < -0.4 is 5.32 Å². The summed E-state index contributed by atoms with van der Waals surface area (Å²) in [5, 5.41) is 14.0. The lowest BCUT2D eigenvalue weighted by Gasteiger charge is -2.24. The minimum absolute atomic E-state index is 0.140. The van der Waals surface area contributed by atoms with Gasteiger partial charge in [0.1, 0.15) is 0 Å². The maximum Gasteiger partial charge on any atom is 0.0942 e. The monoisotopic (exact) mass is 273 g/mol. The van der Waals surface area contributed by atoms with E-state index in [0.717, 1.165) is 24.9 Å². The Balaban J connectivity index is 1.81. The highest BCUT2D eigenvalue weighted by Crippen LogP contribution is 2.21. The van der Waals surface area contributed by atoms with E-state index in [1.54, 1.807) is 5.57 Å². The highest BCUT2D eigenvalue weighted by atomic mass is 16.3. The molecule has 0 aliphatic heterocycles. The molecule has 0 radical (unpaired) electrons. The van der Waals surface area contributed by atoms with Crippen molar-refractivity contribution >= 4 is 0 Å². The Morgan fingerprint density at radius 3 is 2.65 bits per heavy atom. The smallest absolute Gasteiger partial charge is 0.0942 e. The van der Waals surface area contributed by atoms with Gasteiger partial charge in [-0.1, -0.05) is 48.9 Å². The summed E-state index contributed by atoms with van der Waals surface area (Å²) >= 11 is 0. The van der Waals surface area contributed by atoms with Crippen LogP contribution in [0.1, 0.15) is 57.1 Å². The Morgan fingerprint density at radius 2 is 2.00 bits per heavy atom. The summed E-state index contributed by atoms with van der Waals surface area (Å²) in [5.74, 6) is 0. The zero-order valence-electron chi connectivity index (χ0n) is 12.5. The third kappa shape index (κ3) is 4.46. The summed E-state index contributed by atoms with van der Waals surface area (Å²) in [5.41, 5.74) is 2.59. The lowest BCUT2D eigenvalue weighted by Crippen LogP contribution is -2.35. The molecule has 2 atom stereocenters. The summed E-state index contributed by atoms with van der Waals surface area (Å²) in [6, 6.07) is 10.1. The second-order valence-electron chi connectivity index (χ2n) is 5.68. The van der Waals surface area contributed by atoms with Gasteiger partial charge < -0.3 is 10.4 Å². The van der Waals surface area contributed by atoms with Crippen molar-refractivity contribution in [3.63, 3.8) is 0 Å². The number of nitrogens with one attached hydrogen (secondary N) is 1. The number of benzene rings is 1. The standard InChI is InChI=1S/C18H27NO/c1-2-17(18(20)16-11-7-4-8-12-16)19-14-13-15-9-5-3-6-10-15/h4,7-9,11-12,17-20H,2-3,5-6,10,13-14H2,1H3. The molecule has 0 amide bonds. The van der Waals surface area contributed by atoms with Gasteiger partial charge >= 0.3 is 0 Å². The van der Waals surface area contributed by atoms with Crippen LogP contribution in [-0.4, -0.2) is 17.7 Å². The van der Waals surface area contributed by atoms with E-state index in [2.05, 4.69) is 18.3 Å². The fourth-order valence-corrected chi connectivity index (χ4v) is 2.91. The lowest BCUT2D eigenvalue weighted by atomic mass is 9.96. The van der Waals surface area contributed by atoms with Crippen LogP contribution in [0.25, 0.3) is 0 Å². The van der Waals surface area contributed by atoms with Crippen molar-refractivity contribution in [1.82, 2.24) is 5.32 Å². The molecule has 0 bridgehead atoms. The number of allylic oxidation sites excluding steroid dienone is 1. The van der Waals surface area contributed by atoms with Crippen molar-refractivity contribution in [2.24, 2.45) is 0 Å². The van der Waals surface area contributed by atoms with E-state index in [9.17, 15) is 5.11 Å². The molecule has 2 rings (SSSR count). The summed E-state index contributed by atoms with van der Waals surface area (Å²) < 4.78 is 0. The molecule has 110 valence electrons. The summed E-state index contributed by atoms with van der Waals surface area (Å²) in [7, 11) is 0. The first-order valence-electron chi connectivity index (χ1n) is 7.95. The van der Waals surface area contributed by atoms with Gasteiger partial charge in [0.15, 0.2) is 0 Å². The molecule has 0 saturated heterocycles. The molecule has 0 aromatic heterocycles. The molecule has 2 heteroatoms. The Kier molecular flexibility index (Phi) is 6.28. The number of rotatable bonds is 7. The van der Waals surface area contributed by atoms with Gasteiger partial charge in [-0.3, -0.25) is 0 Å². The summed E-state index contributed by atoms with van der Waals surface area (Å²) in [6.45, 7) is 3.10. The molecule has 1 aromatic carbocycles. The lowest BCUT2D eigenvalue weighted by molar-refractivity contribution is 0.126.